The third-order valence-corrected chi connectivity index (χ3v) is 1.88. The summed E-state index contributed by atoms with van der Waals surface area (Å²) < 4.78 is 5.26. The lowest BCUT2D eigenvalue weighted by atomic mass is 10.4. The van der Waals surface area contributed by atoms with Crippen molar-refractivity contribution in [2.45, 2.75) is 19.5 Å². The molecule has 1 unspecified atom stereocenters. The lowest BCUT2D eigenvalue weighted by Gasteiger charge is -1.99. The van der Waals surface area contributed by atoms with Crippen LogP contribution in [0, 0.1) is 0 Å². The molecule has 2 aromatic rings. The Morgan fingerprint density at radius 1 is 1.44 bits per heavy atom. The maximum absolute atomic E-state index is 5.59. The molecule has 7 heteroatoms. The summed E-state index contributed by atoms with van der Waals surface area (Å²) in [7, 11) is 0. The molecule has 2 rings (SSSR count). The first-order valence-electron chi connectivity index (χ1n) is 4.85. The van der Waals surface area contributed by atoms with Crippen LogP contribution in [0.1, 0.15) is 24.6 Å². The topological polar surface area (TPSA) is 103 Å². The molecule has 7 nitrogen and oxygen atoms in total. The van der Waals surface area contributed by atoms with E-state index in [1.165, 1.54) is 0 Å². The highest BCUT2D eigenvalue weighted by Crippen LogP contribution is 2.11. The minimum absolute atomic E-state index is 0.264. The molecule has 84 valence electrons. The zero-order valence-electron chi connectivity index (χ0n) is 8.79. The average molecular weight is 220 g/mol. The summed E-state index contributed by atoms with van der Waals surface area (Å²) in [6, 6.07) is 3.73. The normalized spacial score (nSPS) is 12.4. The van der Waals surface area contributed by atoms with E-state index >= 15 is 0 Å². The molecule has 0 saturated carbocycles. The molecule has 0 spiro atoms. The quantitative estimate of drug-likeness (QED) is 0.772. The SMILES string of the molecule is CC(N)c1nnc(NCc2cccnn2)o1. The van der Waals surface area contributed by atoms with Crippen LogP contribution in [0.3, 0.4) is 0 Å². The van der Waals surface area contributed by atoms with Gasteiger partial charge in [-0.1, -0.05) is 5.10 Å². The van der Waals surface area contributed by atoms with Crippen molar-refractivity contribution in [3.63, 3.8) is 0 Å². The minimum Gasteiger partial charge on any atom is -0.406 e. The Bertz CT molecular complexity index is 440. The second-order valence-electron chi connectivity index (χ2n) is 3.30. The monoisotopic (exact) mass is 220 g/mol. The molecule has 0 radical (unpaired) electrons. The van der Waals surface area contributed by atoms with E-state index in [0.29, 0.717) is 18.5 Å². The molecular weight excluding hydrogens is 208 g/mol. The van der Waals surface area contributed by atoms with Gasteiger partial charge in [0.05, 0.1) is 18.3 Å². The van der Waals surface area contributed by atoms with Gasteiger partial charge in [0.15, 0.2) is 0 Å². The van der Waals surface area contributed by atoms with Gasteiger partial charge in [0.25, 0.3) is 0 Å². The predicted octanol–water partition coefficient (Wildman–Crippen LogP) is 0.491. The number of hydrogen-bond donors (Lipinski definition) is 2. The van der Waals surface area contributed by atoms with Gasteiger partial charge in [0.1, 0.15) is 0 Å². The number of nitrogens with zero attached hydrogens (tertiary/aromatic N) is 4. The summed E-state index contributed by atoms with van der Waals surface area (Å²) in [5, 5.41) is 18.2. The Morgan fingerprint density at radius 2 is 2.31 bits per heavy atom. The number of nitrogens with two attached hydrogens (primary N) is 1. The number of nitrogens with one attached hydrogen (secondary N) is 1. The van der Waals surface area contributed by atoms with Gasteiger partial charge in [-0.15, -0.1) is 5.10 Å². The largest absolute Gasteiger partial charge is 0.406 e. The van der Waals surface area contributed by atoms with Crippen LogP contribution in [0.2, 0.25) is 0 Å². The Balaban J connectivity index is 1.95. The summed E-state index contributed by atoms with van der Waals surface area (Å²) in [5.41, 5.74) is 6.38. The van der Waals surface area contributed by atoms with Gasteiger partial charge in [-0.05, 0) is 19.1 Å². The third kappa shape index (κ3) is 2.51. The third-order valence-electron chi connectivity index (χ3n) is 1.88. The second-order valence-corrected chi connectivity index (χ2v) is 3.30. The zero-order chi connectivity index (χ0) is 11.4. The molecule has 0 aliphatic heterocycles. The molecule has 0 bridgehead atoms. The van der Waals surface area contributed by atoms with Crippen molar-refractivity contribution in [2.24, 2.45) is 5.73 Å². The number of hydrogen-bond acceptors (Lipinski definition) is 7. The van der Waals surface area contributed by atoms with E-state index in [0.717, 1.165) is 5.69 Å². The first-order valence-corrected chi connectivity index (χ1v) is 4.85. The van der Waals surface area contributed by atoms with Crippen LogP contribution < -0.4 is 11.1 Å². The lowest BCUT2D eigenvalue weighted by molar-refractivity contribution is 0.472. The molecule has 16 heavy (non-hydrogen) atoms. The van der Waals surface area contributed by atoms with E-state index in [1.807, 2.05) is 12.1 Å². The number of anilines is 1. The molecule has 1 atom stereocenters. The molecule has 0 aliphatic rings. The number of aromatic nitrogens is 4. The highest BCUT2D eigenvalue weighted by Gasteiger charge is 2.09. The van der Waals surface area contributed by atoms with E-state index in [4.69, 9.17) is 10.2 Å². The fraction of sp³-hybridized carbons (Fsp3) is 0.333. The van der Waals surface area contributed by atoms with Crippen molar-refractivity contribution in [3.05, 3.63) is 29.9 Å². The second kappa shape index (κ2) is 4.67. The highest BCUT2D eigenvalue weighted by atomic mass is 16.4. The fourth-order valence-corrected chi connectivity index (χ4v) is 1.08. The van der Waals surface area contributed by atoms with Crippen LogP contribution in [-0.2, 0) is 6.54 Å². The Kier molecular flexibility index (Phi) is 3.06. The Morgan fingerprint density at radius 3 is 2.94 bits per heavy atom. The van der Waals surface area contributed by atoms with Crippen LogP contribution in [0.4, 0.5) is 6.01 Å². The van der Waals surface area contributed by atoms with Crippen molar-refractivity contribution in [3.8, 4) is 0 Å². The van der Waals surface area contributed by atoms with Crippen LogP contribution in [-0.4, -0.2) is 20.4 Å². The summed E-state index contributed by atoms with van der Waals surface area (Å²) in [5.74, 6) is 0.404. The summed E-state index contributed by atoms with van der Waals surface area (Å²) in [6.07, 6.45) is 1.62. The van der Waals surface area contributed by atoms with E-state index in [9.17, 15) is 0 Å². The highest BCUT2D eigenvalue weighted by molar-refractivity contribution is 5.19. The van der Waals surface area contributed by atoms with Crippen molar-refractivity contribution in [1.29, 1.82) is 0 Å². The van der Waals surface area contributed by atoms with Crippen LogP contribution in [0.15, 0.2) is 22.7 Å². The van der Waals surface area contributed by atoms with E-state index in [1.54, 1.807) is 13.1 Å². The molecule has 0 amide bonds. The standard InChI is InChI=1S/C9H12N6O/c1-6(10)8-14-15-9(16-8)11-5-7-3-2-4-12-13-7/h2-4,6H,5,10H2,1H3,(H,11,15). The number of rotatable bonds is 4. The van der Waals surface area contributed by atoms with E-state index in [2.05, 4.69) is 25.7 Å². The van der Waals surface area contributed by atoms with E-state index in [-0.39, 0.29) is 6.04 Å². The Hall–Kier alpha value is -2.02. The van der Waals surface area contributed by atoms with Crippen LogP contribution >= 0.6 is 0 Å². The van der Waals surface area contributed by atoms with Crippen molar-refractivity contribution < 1.29 is 4.42 Å². The molecule has 0 fully saturated rings. The van der Waals surface area contributed by atoms with Crippen LogP contribution in [0.25, 0.3) is 0 Å². The first kappa shape index (κ1) is 10.5. The first-order chi connectivity index (χ1) is 7.75. The maximum atomic E-state index is 5.59. The minimum atomic E-state index is -0.264. The van der Waals surface area contributed by atoms with Crippen molar-refractivity contribution in [2.75, 3.05) is 5.32 Å². The van der Waals surface area contributed by atoms with Gasteiger partial charge < -0.3 is 15.5 Å². The Labute approximate surface area is 92.1 Å². The maximum Gasteiger partial charge on any atom is 0.315 e. The molecule has 2 aromatic heterocycles. The zero-order valence-corrected chi connectivity index (χ0v) is 8.79. The van der Waals surface area contributed by atoms with Gasteiger partial charge in [-0.25, -0.2) is 0 Å². The molecule has 3 N–H and O–H groups in total. The summed E-state index contributed by atoms with van der Waals surface area (Å²) >= 11 is 0. The average Bonchev–Trinajstić information content (AvgIpc) is 2.76. The summed E-state index contributed by atoms with van der Waals surface area (Å²) in [4.78, 5) is 0. The van der Waals surface area contributed by atoms with Gasteiger partial charge in [0.2, 0.25) is 5.89 Å². The summed E-state index contributed by atoms with van der Waals surface area (Å²) in [6.45, 7) is 2.26. The lowest BCUT2D eigenvalue weighted by Crippen LogP contribution is -2.04. The van der Waals surface area contributed by atoms with E-state index < -0.39 is 0 Å². The van der Waals surface area contributed by atoms with Gasteiger partial charge in [0, 0.05) is 6.20 Å². The van der Waals surface area contributed by atoms with Gasteiger partial charge in [-0.3, -0.25) is 0 Å². The molecular formula is C9H12N6O. The van der Waals surface area contributed by atoms with Crippen molar-refractivity contribution >= 4 is 6.01 Å². The molecule has 2 heterocycles. The van der Waals surface area contributed by atoms with Gasteiger partial charge in [-0.2, -0.15) is 10.2 Å². The molecule has 0 saturated heterocycles. The fourth-order valence-electron chi connectivity index (χ4n) is 1.08. The van der Waals surface area contributed by atoms with Crippen LogP contribution in [0.5, 0.6) is 0 Å². The van der Waals surface area contributed by atoms with Gasteiger partial charge >= 0.3 is 6.01 Å². The van der Waals surface area contributed by atoms with Crippen molar-refractivity contribution in [1.82, 2.24) is 20.4 Å². The molecule has 0 aromatic carbocycles. The predicted molar refractivity (Wildman–Crippen MR) is 56.3 cm³/mol. The molecule has 0 aliphatic carbocycles. The smallest absolute Gasteiger partial charge is 0.315 e.